The highest BCUT2D eigenvalue weighted by Gasteiger charge is 2.27. The van der Waals surface area contributed by atoms with Crippen molar-refractivity contribution in [1.82, 2.24) is 9.62 Å². The summed E-state index contributed by atoms with van der Waals surface area (Å²) in [5, 5.41) is 10.2. The highest BCUT2D eigenvalue weighted by Crippen LogP contribution is 2.17. The lowest BCUT2D eigenvalue weighted by Crippen LogP contribution is -2.44. The topological polar surface area (TPSA) is 178 Å². The standard InChI is InChI=1S/C31H44N4O8S/c1-23-14-16-25(17-15-23)44(39,40)35(29(32)33)20-10-5-6-11-21-41-27(36)19-18-26(34-30(38)43-31(2,3)4)28(37)42-22-24-12-8-7-9-13-24/h7-9,12-17,26H,5-6,10-11,18-22H2,1-4H3,(H3,32,33)(H,34,38). The molecule has 1 atom stereocenters. The second kappa shape index (κ2) is 17.2. The van der Waals surface area contributed by atoms with Gasteiger partial charge in [-0.2, -0.15) is 0 Å². The number of hydrogen-bond donors (Lipinski definition) is 3. The quantitative estimate of drug-likeness (QED) is 0.0795. The second-order valence-corrected chi connectivity index (χ2v) is 13.1. The number of aryl methyl sites for hydroxylation is 1. The minimum atomic E-state index is -3.93. The second-order valence-electron chi connectivity index (χ2n) is 11.2. The van der Waals surface area contributed by atoms with E-state index in [-0.39, 0.29) is 37.5 Å². The molecule has 0 spiro atoms. The van der Waals surface area contributed by atoms with Crippen LogP contribution in [0.3, 0.4) is 0 Å². The first-order chi connectivity index (χ1) is 20.7. The van der Waals surface area contributed by atoms with Crippen LogP contribution in [-0.4, -0.2) is 61.5 Å². The fourth-order valence-electron chi connectivity index (χ4n) is 3.97. The number of carbonyl (C=O) groups is 3. The van der Waals surface area contributed by atoms with Gasteiger partial charge in [-0.25, -0.2) is 22.3 Å². The Hall–Kier alpha value is -4.13. The zero-order chi connectivity index (χ0) is 32.8. The number of alkyl carbamates (subject to hydrolysis) is 1. The molecule has 12 nitrogen and oxygen atoms in total. The summed E-state index contributed by atoms with van der Waals surface area (Å²) in [7, 11) is -3.93. The Morgan fingerprint density at radius 1 is 0.955 bits per heavy atom. The maximum Gasteiger partial charge on any atom is 0.408 e. The summed E-state index contributed by atoms with van der Waals surface area (Å²) in [6.07, 6.45) is 1.30. The van der Waals surface area contributed by atoms with Crippen LogP contribution in [0, 0.1) is 12.3 Å². The van der Waals surface area contributed by atoms with E-state index in [1.54, 1.807) is 45.0 Å². The average Bonchev–Trinajstić information content (AvgIpc) is 2.94. The molecule has 0 aromatic heterocycles. The number of nitrogens with one attached hydrogen (secondary N) is 2. The van der Waals surface area contributed by atoms with Gasteiger partial charge in [0.05, 0.1) is 11.5 Å². The number of ether oxygens (including phenoxy) is 3. The van der Waals surface area contributed by atoms with Gasteiger partial charge < -0.3 is 25.3 Å². The van der Waals surface area contributed by atoms with Crippen LogP contribution in [-0.2, 0) is 40.4 Å². The van der Waals surface area contributed by atoms with Gasteiger partial charge >= 0.3 is 18.0 Å². The smallest absolute Gasteiger partial charge is 0.408 e. The summed E-state index contributed by atoms with van der Waals surface area (Å²) in [6, 6.07) is 14.3. The van der Waals surface area contributed by atoms with Crippen molar-refractivity contribution < 1.29 is 37.0 Å². The maximum atomic E-state index is 12.9. The zero-order valence-electron chi connectivity index (χ0n) is 25.8. The normalized spacial score (nSPS) is 12.1. The van der Waals surface area contributed by atoms with Crippen molar-refractivity contribution in [2.45, 2.75) is 89.4 Å². The summed E-state index contributed by atoms with van der Waals surface area (Å²) in [6.45, 7) is 7.13. The molecule has 2 aromatic carbocycles. The molecule has 0 aliphatic heterocycles. The number of esters is 2. The predicted molar refractivity (Wildman–Crippen MR) is 165 cm³/mol. The first-order valence-electron chi connectivity index (χ1n) is 14.5. The lowest BCUT2D eigenvalue weighted by Gasteiger charge is -2.23. The summed E-state index contributed by atoms with van der Waals surface area (Å²) >= 11 is 0. The fourth-order valence-corrected chi connectivity index (χ4v) is 5.33. The number of sulfonamides is 1. The van der Waals surface area contributed by atoms with Crippen molar-refractivity contribution in [1.29, 1.82) is 5.41 Å². The molecule has 0 aliphatic rings. The lowest BCUT2D eigenvalue weighted by atomic mass is 10.1. The van der Waals surface area contributed by atoms with Gasteiger partial charge in [0.15, 0.2) is 0 Å². The number of benzene rings is 2. The minimum absolute atomic E-state index is 0.0126. The Labute approximate surface area is 259 Å². The van der Waals surface area contributed by atoms with Crippen LogP contribution in [0.2, 0.25) is 0 Å². The predicted octanol–water partition coefficient (Wildman–Crippen LogP) is 4.40. The summed E-state index contributed by atoms with van der Waals surface area (Å²) in [4.78, 5) is 37.4. The van der Waals surface area contributed by atoms with E-state index < -0.39 is 45.7 Å². The van der Waals surface area contributed by atoms with E-state index in [4.69, 9.17) is 25.4 Å². The number of unbranched alkanes of at least 4 members (excludes halogenated alkanes) is 3. The maximum absolute atomic E-state index is 12.9. The number of guanidine groups is 1. The third-order valence-electron chi connectivity index (χ3n) is 6.23. The van der Waals surface area contributed by atoms with E-state index in [2.05, 4.69) is 5.32 Å². The summed E-state index contributed by atoms with van der Waals surface area (Å²) in [5.41, 5.74) is 6.48. The number of nitrogens with two attached hydrogens (primary N) is 1. The summed E-state index contributed by atoms with van der Waals surface area (Å²) in [5.74, 6) is -1.79. The first kappa shape index (κ1) is 36.1. The summed E-state index contributed by atoms with van der Waals surface area (Å²) < 4.78 is 42.5. The molecule has 0 radical (unpaired) electrons. The SMILES string of the molecule is Cc1ccc(S(=O)(=O)N(CCCCCCOC(=O)CCC(NC(=O)OC(C)(C)C)C(=O)OCc2ccccc2)C(=N)N)cc1. The van der Waals surface area contributed by atoms with Crippen LogP contribution >= 0.6 is 0 Å². The van der Waals surface area contributed by atoms with Crippen LogP contribution in [0.15, 0.2) is 59.5 Å². The molecule has 0 heterocycles. The zero-order valence-corrected chi connectivity index (χ0v) is 26.7. The molecule has 242 valence electrons. The van der Waals surface area contributed by atoms with Gasteiger partial charge in [0.25, 0.3) is 10.0 Å². The largest absolute Gasteiger partial charge is 0.466 e. The Bertz CT molecular complexity index is 1340. The van der Waals surface area contributed by atoms with Gasteiger partial charge in [-0.1, -0.05) is 54.4 Å². The third kappa shape index (κ3) is 13.0. The van der Waals surface area contributed by atoms with Gasteiger partial charge in [0.2, 0.25) is 5.96 Å². The van der Waals surface area contributed by atoms with Crippen LogP contribution < -0.4 is 11.1 Å². The molecule has 0 aliphatic carbocycles. The lowest BCUT2D eigenvalue weighted by molar-refractivity contribution is -0.148. The van der Waals surface area contributed by atoms with E-state index in [1.807, 2.05) is 25.1 Å². The van der Waals surface area contributed by atoms with Gasteiger partial charge in [-0.15, -0.1) is 0 Å². The third-order valence-corrected chi connectivity index (χ3v) is 8.06. The van der Waals surface area contributed by atoms with Crippen LogP contribution in [0.5, 0.6) is 0 Å². The molecular weight excluding hydrogens is 588 g/mol. The van der Waals surface area contributed by atoms with E-state index >= 15 is 0 Å². The van der Waals surface area contributed by atoms with E-state index in [9.17, 15) is 22.8 Å². The monoisotopic (exact) mass is 632 g/mol. The molecule has 0 saturated carbocycles. The number of nitrogens with zero attached hydrogens (tertiary/aromatic N) is 1. The van der Waals surface area contributed by atoms with Crippen molar-refractivity contribution in [3.63, 3.8) is 0 Å². The number of amides is 1. The van der Waals surface area contributed by atoms with Gasteiger partial charge in [0, 0.05) is 13.0 Å². The van der Waals surface area contributed by atoms with Gasteiger partial charge in [-0.3, -0.25) is 10.2 Å². The van der Waals surface area contributed by atoms with Crippen LogP contribution in [0.25, 0.3) is 0 Å². The highest BCUT2D eigenvalue weighted by molar-refractivity contribution is 7.89. The average molecular weight is 633 g/mol. The molecule has 13 heteroatoms. The molecule has 1 unspecified atom stereocenters. The molecule has 1 amide bonds. The van der Waals surface area contributed by atoms with E-state index in [0.717, 1.165) is 15.4 Å². The van der Waals surface area contributed by atoms with Gasteiger partial charge in [-0.05, 0) is 71.1 Å². The van der Waals surface area contributed by atoms with Crippen LogP contribution in [0.1, 0.15) is 70.4 Å². The molecule has 2 rings (SSSR count). The van der Waals surface area contributed by atoms with Crippen molar-refractivity contribution >= 4 is 34.0 Å². The van der Waals surface area contributed by atoms with Crippen molar-refractivity contribution in [3.8, 4) is 0 Å². The molecule has 0 bridgehead atoms. The van der Waals surface area contributed by atoms with Crippen LogP contribution in [0.4, 0.5) is 4.79 Å². The van der Waals surface area contributed by atoms with Crippen molar-refractivity contribution in [2.75, 3.05) is 13.2 Å². The molecule has 0 saturated heterocycles. The van der Waals surface area contributed by atoms with Crippen molar-refractivity contribution in [3.05, 3.63) is 65.7 Å². The molecule has 0 fully saturated rings. The fraction of sp³-hybridized carbons (Fsp3) is 0.484. The molecule has 44 heavy (non-hydrogen) atoms. The Morgan fingerprint density at radius 3 is 2.20 bits per heavy atom. The first-order valence-corrected chi connectivity index (χ1v) is 15.9. The Morgan fingerprint density at radius 2 is 1.59 bits per heavy atom. The Kier molecular flexibility index (Phi) is 14.1. The van der Waals surface area contributed by atoms with Crippen molar-refractivity contribution in [2.24, 2.45) is 5.73 Å². The van der Waals surface area contributed by atoms with E-state index in [1.165, 1.54) is 12.1 Å². The number of hydrogen-bond acceptors (Lipinski definition) is 9. The highest BCUT2D eigenvalue weighted by atomic mass is 32.2. The minimum Gasteiger partial charge on any atom is -0.466 e. The molecule has 4 N–H and O–H groups in total. The number of rotatable bonds is 16. The number of carbonyl (C=O) groups excluding carboxylic acids is 3. The van der Waals surface area contributed by atoms with Gasteiger partial charge in [0.1, 0.15) is 18.2 Å². The molecule has 2 aromatic rings. The van der Waals surface area contributed by atoms with E-state index in [0.29, 0.717) is 25.7 Å². The Balaban J connectivity index is 1.77. The molecular formula is C31H44N4O8S.